The molecular formula is C29H38NO+. The third kappa shape index (κ3) is 6.06. The molecule has 3 rings (SSSR count). The summed E-state index contributed by atoms with van der Waals surface area (Å²) in [4.78, 5) is 0. The fourth-order valence-electron chi connectivity index (χ4n) is 4.43. The third-order valence-electron chi connectivity index (χ3n) is 6.27. The van der Waals surface area contributed by atoms with Gasteiger partial charge in [-0.05, 0) is 48.7 Å². The summed E-state index contributed by atoms with van der Waals surface area (Å²) in [5.74, 6) is 0.691. The highest BCUT2D eigenvalue weighted by molar-refractivity contribution is 5.70. The SMILES string of the molecule is CCCCC(CC)COCCC[N+](c1ccccc1)(c1ccccc1)c1ccccc1. The minimum absolute atomic E-state index is 0.691. The molecule has 0 fully saturated rings. The molecule has 0 aliphatic heterocycles. The summed E-state index contributed by atoms with van der Waals surface area (Å²) in [5, 5.41) is 0. The number of hydrogen-bond donors (Lipinski definition) is 0. The van der Waals surface area contributed by atoms with Crippen molar-refractivity contribution in [3.63, 3.8) is 0 Å². The van der Waals surface area contributed by atoms with Crippen LogP contribution in [0.1, 0.15) is 46.0 Å². The lowest BCUT2D eigenvalue weighted by molar-refractivity contribution is 0.0902. The second-order valence-corrected chi connectivity index (χ2v) is 8.38. The van der Waals surface area contributed by atoms with Crippen molar-refractivity contribution in [1.82, 2.24) is 4.48 Å². The van der Waals surface area contributed by atoms with E-state index in [0.717, 1.165) is 26.2 Å². The molecule has 0 saturated carbocycles. The van der Waals surface area contributed by atoms with E-state index >= 15 is 0 Å². The van der Waals surface area contributed by atoms with Crippen LogP contribution in [0.4, 0.5) is 17.1 Å². The molecule has 0 amide bonds. The van der Waals surface area contributed by atoms with Crippen LogP contribution in [0, 0.1) is 5.92 Å². The molecule has 0 saturated heterocycles. The fraction of sp³-hybridized carbons (Fsp3) is 0.379. The number of rotatable bonds is 13. The fourth-order valence-corrected chi connectivity index (χ4v) is 4.43. The number of quaternary nitrogens is 1. The van der Waals surface area contributed by atoms with Gasteiger partial charge in [-0.3, -0.25) is 0 Å². The molecular weight excluding hydrogens is 378 g/mol. The van der Waals surface area contributed by atoms with Gasteiger partial charge in [0.2, 0.25) is 0 Å². The van der Waals surface area contributed by atoms with Crippen LogP contribution < -0.4 is 4.48 Å². The molecule has 164 valence electrons. The monoisotopic (exact) mass is 416 g/mol. The Morgan fingerprint density at radius 2 is 1.16 bits per heavy atom. The van der Waals surface area contributed by atoms with E-state index in [4.69, 9.17) is 4.74 Å². The highest BCUT2D eigenvalue weighted by Gasteiger charge is 2.35. The van der Waals surface area contributed by atoms with E-state index in [1.165, 1.54) is 42.7 Å². The predicted molar refractivity (Wildman–Crippen MR) is 134 cm³/mol. The molecule has 31 heavy (non-hydrogen) atoms. The molecule has 0 aromatic heterocycles. The van der Waals surface area contributed by atoms with E-state index in [0.29, 0.717) is 10.4 Å². The molecule has 2 heteroatoms. The van der Waals surface area contributed by atoms with Crippen LogP contribution in [0.3, 0.4) is 0 Å². The highest BCUT2D eigenvalue weighted by Crippen LogP contribution is 2.43. The Bertz CT molecular complexity index is 751. The number of hydrogen-bond acceptors (Lipinski definition) is 1. The average Bonchev–Trinajstić information content (AvgIpc) is 2.85. The van der Waals surface area contributed by atoms with Gasteiger partial charge in [-0.25, -0.2) is 4.48 Å². The van der Waals surface area contributed by atoms with Crippen molar-refractivity contribution in [2.45, 2.75) is 46.0 Å². The molecule has 1 unspecified atom stereocenters. The minimum Gasteiger partial charge on any atom is -0.381 e. The van der Waals surface area contributed by atoms with Gasteiger partial charge in [0.1, 0.15) is 17.1 Å². The van der Waals surface area contributed by atoms with E-state index in [1.54, 1.807) is 0 Å². The van der Waals surface area contributed by atoms with Crippen LogP contribution in [0.25, 0.3) is 0 Å². The second-order valence-electron chi connectivity index (χ2n) is 8.38. The van der Waals surface area contributed by atoms with E-state index in [2.05, 4.69) is 105 Å². The summed E-state index contributed by atoms with van der Waals surface area (Å²) in [7, 11) is 0. The Hall–Kier alpha value is -2.42. The first-order chi connectivity index (χ1) is 15.3. The van der Waals surface area contributed by atoms with Gasteiger partial charge in [0.15, 0.2) is 0 Å². The normalized spacial score (nSPS) is 12.6. The van der Waals surface area contributed by atoms with Crippen LogP contribution in [0.2, 0.25) is 0 Å². The molecule has 3 aromatic carbocycles. The van der Waals surface area contributed by atoms with Crippen molar-refractivity contribution in [3.8, 4) is 0 Å². The van der Waals surface area contributed by atoms with E-state index in [9.17, 15) is 0 Å². The van der Waals surface area contributed by atoms with Gasteiger partial charge in [0.25, 0.3) is 0 Å². The zero-order chi connectivity index (χ0) is 21.8. The quantitative estimate of drug-likeness (QED) is 0.201. The van der Waals surface area contributed by atoms with Crippen molar-refractivity contribution < 1.29 is 4.74 Å². The number of ether oxygens (including phenoxy) is 1. The van der Waals surface area contributed by atoms with Crippen LogP contribution in [-0.4, -0.2) is 19.8 Å². The first-order valence-electron chi connectivity index (χ1n) is 11.9. The van der Waals surface area contributed by atoms with Gasteiger partial charge < -0.3 is 4.74 Å². The molecule has 2 nitrogen and oxygen atoms in total. The Kier molecular flexibility index (Phi) is 9.33. The lowest BCUT2D eigenvalue weighted by Gasteiger charge is -2.37. The maximum absolute atomic E-state index is 6.18. The maximum Gasteiger partial charge on any atom is 0.143 e. The van der Waals surface area contributed by atoms with Crippen molar-refractivity contribution in [2.75, 3.05) is 19.8 Å². The molecule has 0 aliphatic rings. The standard InChI is InChI=1S/C29H38NO/c1-3-5-16-26(4-2)25-31-24-15-23-30(27-17-9-6-10-18-27,28-19-11-7-12-20-28)29-21-13-8-14-22-29/h6-14,17-22,26H,3-5,15-16,23-25H2,1-2H3/q+1. The number of unbranched alkanes of at least 4 members (excludes halogenated alkanes) is 1. The first-order valence-corrected chi connectivity index (χ1v) is 11.9. The Balaban J connectivity index is 1.82. The number of benzene rings is 3. The lowest BCUT2D eigenvalue weighted by atomic mass is 10.0. The van der Waals surface area contributed by atoms with Crippen LogP contribution in [0.5, 0.6) is 0 Å². The predicted octanol–water partition coefficient (Wildman–Crippen LogP) is 8.28. The summed E-state index contributed by atoms with van der Waals surface area (Å²) in [6, 6.07) is 32.6. The van der Waals surface area contributed by atoms with Gasteiger partial charge >= 0.3 is 0 Å². The van der Waals surface area contributed by atoms with Crippen molar-refractivity contribution in [3.05, 3.63) is 91.0 Å². The van der Waals surface area contributed by atoms with E-state index < -0.39 is 0 Å². The Morgan fingerprint density at radius 3 is 1.58 bits per heavy atom. The summed E-state index contributed by atoms with van der Waals surface area (Å²) >= 11 is 0. The molecule has 0 aliphatic carbocycles. The zero-order valence-electron chi connectivity index (χ0n) is 19.2. The summed E-state index contributed by atoms with van der Waals surface area (Å²) in [6.07, 6.45) is 6.06. The molecule has 0 N–H and O–H groups in total. The van der Waals surface area contributed by atoms with Gasteiger partial charge in [-0.2, -0.15) is 0 Å². The zero-order valence-corrected chi connectivity index (χ0v) is 19.2. The lowest BCUT2D eigenvalue weighted by Crippen LogP contribution is -2.40. The average molecular weight is 417 g/mol. The summed E-state index contributed by atoms with van der Waals surface area (Å²) in [6.45, 7) is 7.20. The third-order valence-corrected chi connectivity index (χ3v) is 6.27. The summed E-state index contributed by atoms with van der Waals surface area (Å²) in [5.41, 5.74) is 3.86. The Labute approximate surface area is 189 Å². The highest BCUT2D eigenvalue weighted by atomic mass is 16.5. The topological polar surface area (TPSA) is 9.23 Å². The molecule has 1 atom stereocenters. The van der Waals surface area contributed by atoms with Gasteiger partial charge in [0, 0.05) is 13.0 Å². The van der Waals surface area contributed by atoms with Crippen molar-refractivity contribution in [1.29, 1.82) is 0 Å². The molecule has 0 radical (unpaired) electrons. The minimum atomic E-state index is 0.691. The second kappa shape index (κ2) is 12.4. The van der Waals surface area contributed by atoms with Crippen LogP contribution in [-0.2, 0) is 4.74 Å². The van der Waals surface area contributed by atoms with E-state index in [1.807, 2.05) is 0 Å². The van der Waals surface area contributed by atoms with Crippen molar-refractivity contribution >= 4 is 17.1 Å². The molecule has 3 aromatic rings. The van der Waals surface area contributed by atoms with Gasteiger partial charge in [-0.15, -0.1) is 0 Å². The Morgan fingerprint density at radius 1 is 0.677 bits per heavy atom. The van der Waals surface area contributed by atoms with Crippen molar-refractivity contribution in [2.24, 2.45) is 5.92 Å². The largest absolute Gasteiger partial charge is 0.381 e. The molecule has 0 bridgehead atoms. The van der Waals surface area contributed by atoms with Crippen LogP contribution in [0.15, 0.2) is 91.0 Å². The molecule has 0 spiro atoms. The number of nitrogens with zero attached hydrogens (tertiary/aromatic N) is 1. The summed E-state index contributed by atoms with van der Waals surface area (Å²) < 4.78 is 6.88. The molecule has 0 heterocycles. The van der Waals surface area contributed by atoms with Gasteiger partial charge in [0.05, 0.1) is 13.2 Å². The maximum atomic E-state index is 6.18. The van der Waals surface area contributed by atoms with Gasteiger partial charge in [-0.1, -0.05) is 87.7 Å². The van der Waals surface area contributed by atoms with E-state index in [-0.39, 0.29) is 0 Å². The smallest absolute Gasteiger partial charge is 0.143 e. The van der Waals surface area contributed by atoms with Crippen LogP contribution >= 0.6 is 0 Å². The first kappa shape index (κ1) is 23.2. The number of para-hydroxylation sites is 3.